The summed E-state index contributed by atoms with van der Waals surface area (Å²) >= 11 is 0. The van der Waals surface area contributed by atoms with E-state index in [1.165, 1.54) is 12.4 Å². The van der Waals surface area contributed by atoms with Crippen LogP contribution < -0.4 is 11.1 Å². The smallest absolute Gasteiger partial charge is 0.150 e. The van der Waals surface area contributed by atoms with Gasteiger partial charge in [0.25, 0.3) is 0 Å². The second-order valence-electron chi connectivity index (χ2n) is 2.54. The Labute approximate surface area is 80.3 Å². The highest BCUT2D eigenvalue weighted by Crippen LogP contribution is 2.08. The van der Waals surface area contributed by atoms with Crippen molar-refractivity contribution in [2.24, 2.45) is 0 Å². The summed E-state index contributed by atoms with van der Waals surface area (Å²) in [7, 11) is 0. The van der Waals surface area contributed by atoms with E-state index >= 15 is 0 Å². The molecule has 0 unspecified atom stereocenters. The lowest BCUT2D eigenvalue weighted by Crippen LogP contribution is -1.98. The lowest BCUT2D eigenvalue weighted by Gasteiger charge is -2.02. The summed E-state index contributed by atoms with van der Waals surface area (Å²) < 4.78 is 0. The summed E-state index contributed by atoms with van der Waals surface area (Å²) in [4.78, 5) is 15.8. The molecule has 0 atom stereocenters. The molecule has 0 aromatic carbocycles. The van der Waals surface area contributed by atoms with Crippen molar-refractivity contribution in [3.8, 4) is 0 Å². The Morgan fingerprint density at radius 1 is 0.929 bits per heavy atom. The van der Waals surface area contributed by atoms with Crippen LogP contribution in [0.1, 0.15) is 0 Å². The molecule has 0 spiro atoms. The molecule has 70 valence electrons. The van der Waals surface area contributed by atoms with Gasteiger partial charge in [0.15, 0.2) is 0 Å². The zero-order valence-corrected chi connectivity index (χ0v) is 7.25. The van der Waals surface area contributed by atoms with Gasteiger partial charge in [0, 0.05) is 12.4 Å². The molecular formula is C8H8N6. The van der Waals surface area contributed by atoms with Crippen LogP contribution in [-0.4, -0.2) is 19.9 Å². The lowest BCUT2D eigenvalue weighted by atomic mass is 10.6. The monoisotopic (exact) mass is 188 g/mol. The maximum absolute atomic E-state index is 5.39. The zero-order valence-electron chi connectivity index (χ0n) is 7.25. The molecule has 0 saturated heterocycles. The molecule has 0 radical (unpaired) electrons. The van der Waals surface area contributed by atoms with Crippen molar-refractivity contribution in [2.75, 3.05) is 11.1 Å². The number of nitrogens with one attached hydrogen (secondary N) is 1. The molecular weight excluding hydrogens is 180 g/mol. The van der Waals surface area contributed by atoms with Gasteiger partial charge in [-0.05, 0) is 0 Å². The Morgan fingerprint density at radius 2 is 1.79 bits per heavy atom. The number of aromatic nitrogens is 4. The standard InChI is InChI=1S/C8H8N6/c9-6-3-13-8(5-12-6)14-7-4-10-1-2-11-7/h1-5H,(H2,9,12)(H,11,13,14). The van der Waals surface area contributed by atoms with Crippen molar-refractivity contribution in [2.45, 2.75) is 0 Å². The third kappa shape index (κ3) is 1.92. The number of nitrogen functional groups attached to an aromatic ring is 1. The van der Waals surface area contributed by atoms with Crippen molar-refractivity contribution in [3.05, 3.63) is 31.0 Å². The second-order valence-corrected chi connectivity index (χ2v) is 2.54. The van der Waals surface area contributed by atoms with E-state index < -0.39 is 0 Å². The molecule has 0 saturated carbocycles. The van der Waals surface area contributed by atoms with Crippen LogP contribution in [0.25, 0.3) is 0 Å². The van der Waals surface area contributed by atoms with Gasteiger partial charge < -0.3 is 11.1 Å². The first-order chi connectivity index (χ1) is 6.84. The van der Waals surface area contributed by atoms with Crippen LogP contribution in [0.5, 0.6) is 0 Å². The Balaban J connectivity index is 2.16. The summed E-state index contributed by atoms with van der Waals surface area (Å²) in [6.07, 6.45) is 7.79. The van der Waals surface area contributed by atoms with E-state index in [2.05, 4.69) is 25.3 Å². The van der Waals surface area contributed by atoms with Crippen LogP contribution in [0.15, 0.2) is 31.0 Å². The van der Waals surface area contributed by atoms with E-state index in [1.54, 1.807) is 18.6 Å². The minimum absolute atomic E-state index is 0.384. The third-order valence-corrected chi connectivity index (χ3v) is 1.49. The normalized spacial score (nSPS) is 9.71. The molecule has 6 heteroatoms. The molecule has 2 heterocycles. The fourth-order valence-corrected chi connectivity index (χ4v) is 0.897. The molecule has 0 aliphatic heterocycles. The minimum atomic E-state index is 0.384. The van der Waals surface area contributed by atoms with Crippen molar-refractivity contribution in [3.63, 3.8) is 0 Å². The van der Waals surface area contributed by atoms with Gasteiger partial charge in [-0.2, -0.15) is 0 Å². The number of anilines is 3. The minimum Gasteiger partial charge on any atom is -0.382 e. The SMILES string of the molecule is Nc1cnc(Nc2cnccn2)cn1. The Kier molecular flexibility index (Phi) is 2.18. The average molecular weight is 188 g/mol. The molecule has 14 heavy (non-hydrogen) atoms. The fourth-order valence-electron chi connectivity index (χ4n) is 0.897. The second kappa shape index (κ2) is 3.65. The Hall–Kier alpha value is -2.24. The van der Waals surface area contributed by atoms with Crippen molar-refractivity contribution in [1.29, 1.82) is 0 Å². The number of nitrogens with two attached hydrogens (primary N) is 1. The fraction of sp³-hybridized carbons (Fsp3) is 0. The van der Waals surface area contributed by atoms with Crippen LogP contribution >= 0.6 is 0 Å². The van der Waals surface area contributed by atoms with Crippen LogP contribution in [-0.2, 0) is 0 Å². The topological polar surface area (TPSA) is 89.6 Å². The van der Waals surface area contributed by atoms with E-state index in [-0.39, 0.29) is 0 Å². The van der Waals surface area contributed by atoms with E-state index in [0.717, 1.165) is 0 Å². The van der Waals surface area contributed by atoms with Gasteiger partial charge >= 0.3 is 0 Å². The number of hydrogen-bond donors (Lipinski definition) is 2. The summed E-state index contributed by atoms with van der Waals surface area (Å²) in [5.41, 5.74) is 5.39. The van der Waals surface area contributed by atoms with Gasteiger partial charge in [0.1, 0.15) is 17.5 Å². The molecule has 0 aliphatic rings. The molecule has 6 nitrogen and oxygen atoms in total. The number of nitrogens with zero attached hydrogens (tertiary/aromatic N) is 4. The van der Waals surface area contributed by atoms with Crippen LogP contribution in [0, 0.1) is 0 Å². The largest absolute Gasteiger partial charge is 0.382 e. The molecule has 0 fully saturated rings. The van der Waals surface area contributed by atoms with Crippen LogP contribution in [0.2, 0.25) is 0 Å². The maximum atomic E-state index is 5.39. The highest BCUT2D eigenvalue weighted by Gasteiger charge is 1.96. The molecule has 0 amide bonds. The third-order valence-electron chi connectivity index (χ3n) is 1.49. The van der Waals surface area contributed by atoms with E-state index in [9.17, 15) is 0 Å². The molecule has 2 rings (SSSR count). The van der Waals surface area contributed by atoms with Gasteiger partial charge in [0.05, 0.1) is 18.6 Å². The summed E-state index contributed by atoms with van der Waals surface area (Å²) in [6, 6.07) is 0. The molecule has 0 aliphatic carbocycles. The molecule has 2 aromatic rings. The van der Waals surface area contributed by atoms with Gasteiger partial charge in [0.2, 0.25) is 0 Å². The molecule has 3 N–H and O–H groups in total. The summed E-state index contributed by atoms with van der Waals surface area (Å²) in [5, 5.41) is 2.93. The highest BCUT2D eigenvalue weighted by atomic mass is 15.1. The predicted octanol–water partition coefficient (Wildman–Crippen LogP) is 0.592. The quantitative estimate of drug-likeness (QED) is 0.717. The lowest BCUT2D eigenvalue weighted by molar-refractivity contribution is 1.16. The zero-order chi connectivity index (χ0) is 9.80. The van der Waals surface area contributed by atoms with E-state index in [4.69, 9.17) is 5.73 Å². The van der Waals surface area contributed by atoms with Crippen LogP contribution in [0.3, 0.4) is 0 Å². The number of hydrogen-bond acceptors (Lipinski definition) is 6. The van der Waals surface area contributed by atoms with Crippen LogP contribution in [0.4, 0.5) is 17.5 Å². The van der Waals surface area contributed by atoms with Gasteiger partial charge in [-0.15, -0.1) is 0 Å². The van der Waals surface area contributed by atoms with Crippen molar-refractivity contribution < 1.29 is 0 Å². The Bertz CT molecular complexity index is 398. The van der Waals surface area contributed by atoms with E-state index in [0.29, 0.717) is 17.5 Å². The van der Waals surface area contributed by atoms with Crippen molar-refractivity contribution in [1.82, 2.24) is 19.9 Å². The van der Waals surface area contributed by atoms with Gasteiger partial charge in [-0.3, -0.25) is 4.98 Å². The Morgan fingerprint density at radius 3 is 2.43 bits per heavy atom. The van der Waals surface area contributed by atoms with Gasteiger partial charge in [-0.25, -0.2) is 15.0 Å². The average Bonchev–Trinajstić information content (AvgIpc) is 2.23. The van der Waals surface area contributed by atoms with E-state index in [1.807, 2.05) is 0 Å². The molecule has 0 bridgehead atoms. The molecule has 2 aromatic heterocycles. The summed E-state index contributed by atoms with van der Waals surface area (Å²) in [6.45, 7) is 0. The highest BCUT2D eigenvalue weighted by molar-refractivity contribution is 5.49. The maximum Gasteiger partial charge on any atom is 0.150 e. The summed E-state index contributed by atoms with van der Waals surface area (Å²) in [5.74, 6) is 1.58. The first-order valence-corrected chi connectivity index (χ1v) is 3.95. The first-order valence-electron chi connectivity index (χ1n) is 3.95. The predicted molar refractivity (Wildman–Crippen MR) is 51.8 cm³/mol. The van der Waals surface area contributed by atoms with Gasteiger partial charge in [-0.1, -0.05) is 0 Å². The van der Waals surface area contributed by atoms with Crippen molar-refractivity contribution >= 4 is 17.5 Å². The first kappa shape index (κ1) is 8.36. The number of rotatable bonds is 2.